The first-order valence-corrected chi connectivity index (χ1v) is 7.76. The summed E-state index contributed by atoms with van der Waals surface area (Å²) in [6.45, 7) is 0.178. The molecule has 0 spiro atoms. The van der Waals surface area contributed by atoms with Crippen molar-refractivity contribution in [1.82, 2.24) is 9.97 Å². The number of halogens is 2. The topological polar surface area (TPSA) is 70.5 Å². The Hall–Kier alpha value is -1.86. The highest BCUT2D eigenvalue weighted by atomic mass is 79.9. The van der Waals surface area contributed by atoms with Crippen LogP contribution in [0.25, 0.3) is 0 Å². The van der Waals surface area contributed by atoms with Gasteiger partial charge in [-0.05, 0) is 22.0 Å². The van der Waals surface area contributed by atoms with Gasteiger partial charge in [0.1, 0.15) is 12.9 Å². The Morgan fingerprint density at radius 1 is 1.22 bits per heavy atom. The molecule has 0 amide bonds. The van der Waals surface area contributed by atoms with Crippen LogP contribution in [0.3, 0.4) is 0 Å². The van der Waals surface area contributed by atoms with Gasteiger partial charge in [-0.3, -0.25) is 0 Å². The minimum Gasteiger partial charge on any atom is -0.481 e. The van der Waals surface area contributed by atoms with E-state index >= 15 is 0 Å². The summed E-state index contributed by atoms with van der Waals surface area (Å²) in [5.41, 5.74) is 1.25. The fraction of sp³-hybridized carbons (Fsp3) is 0.267. The van der Waals surface area contributed by atoms with E-state index in [9.17, 15) is 4.79 Å². The quantitative estimate of drug-likeness (QED) is 0.663. The maximum absolute atomic E-state index is 10.8. The van der Waals surface area contributed by atoms with Crippen molar-refractivity contribution in [2.45, 2.75) is 13.0 Å². The van der Waals surface area contributed by atoms with Gasteiger partial charge in [-0.1, -0.05) is 23.7 Å². The highest BCUT2D eigenvalue weighted by Gasteiger charge is 2.17. The summed E-state index contributed by atoms with van der Waals surface area (Å²) in [6.07, 6.45) is 0.815. The van der Waals surface area contributed by atoms with Gasteiger partial charge in [0.15, 0.2) is 0 Å². The molecule has 23 heavy (non-hydrogen) atoms. The Bertz CT molecular complexity index is 687. The monoisotopic (exact) mass is 400 g/mol. The first-order chi connectivity index (χ1) is 11.1. The van der Waals surface area contributed by atoms with Gasteiger partial charge in [0.25, 0.3) is 0 Å². The smallest absolute Gasteiger partial charge is 0.323 e. The zero-order valence-corrected chi connectivity index (χ0v) is 14.8. The Labute approximate surface area is 146 Å². The largest absolute Gasteiger partial charge is 0.481 e. The van der Waals surface area contributed by atoms with Crippen molar-refractivity contribution < 1.29 is 19.0 Å². The summed E-state index contributed by atoms with van der Waals surface area (Å²) < 4.78 is 16.7. The van der Waals surface area contributed by atoms with Crippen LogP contribution in [-0.4, -0.2) is 30.5 Å². The lowest BCUT2D eigenvalue weighted by molar-refractivity contribution is -0.107. The molecule has 0 unspecified atom stereocenters. The van der Waals surface area contributed by atoms with Crippen molar-refractivity contribution in [3.05, 3.63) is 38.8 Å². The molecule has 0 N–H and O–H groups in total. The molecule has 0 atom stereocenters. The molecule has 0 aliphatic carbocycles. The summed E-state index contributed by atoms with van der Waals surface area (Å²) in [4.78, 5) is 19.0. The maximum Gasteiger partial charge on any atom is 0.323 e. The van der Waals surface area contributed by atoms with E-state index in [0.717, 1.165) is 16.3 Å². The van der Waals surface area contributed by atoms with Gasteiger partial charge in [0, 0.05) is 16.5 Å². The second-order valence-corrected chi connectivity index (χ2v) is 5.61. The summed E-state index contributed by atoms with van der Waals surface area (Å²) >= 11 is 9.54. The fourth-order valence-corrected chi connectivity index (χ4v) is 2.48. The number of aldehydes is 1. The number of aromatic nitrogens is 2. The van der Waals surface area contributed by atoms with Crippen LogP contribution in [0.5, 0.6) is 17.8 Å². The van der Waals surface area contributed by atoms with E-state index in [0.29, 0.717) is 10.6 Å². The molecule has 0 saturated carbocycles. The van der Waals surface area contributed by atoms with Gasteiger partial charge < -0.3 is 19.0 Å². The molecule has 122 valence electrons. The number of hydrogen-bond donors (Lipinski definition) is 0. The van der Waals surface area contributed by atoms with Gasteiger partial charge in [-0.2, -0.15) is 9.97 Å². The van der Waals surface area contributed by atoms with Gasteiger partial charge in [0.05, 0.1) is 24.8 Å². The predicted octanol–water partition coefficient (Wildman–Crippen LogP) is 3.23. The second kappa shape index (κ2) is 8.12. The molecule has 1 aromatic carbocycles. The van der Waals surface area contributed by atoms with Gasteiger partial charge in [0.2, 0.25) is 11.8 Å². The Balaban J connectivity index is 2.26. The number of hydrogen-bond acceptors (Lipinski definition) is 6. The number of nitrogens with zero attached hydrogens (tertiary/aromatic N) is 2. The van der Waals surface area contributed by atoms with Crippen molar-refractivity contribution in [3.8, 4) is 17.8 Å². The van der Waals surface area contributed by atoms with Crippen molar-refractivity contribution >= 4 is 33.8 Å². The zero-order chi connectivity index (χ0) is 16.8. The van der Waals surface area contributed by atoms with E-state index in [4.69, 9.17) is 25.8 Å². The van der Waals surface area contributed by atoms with Crippen molar-refractivity contribution in [1.29, 1.82) is 0 Å². The molecule has 0 radical (unpaired) electrons. The Morgan fingerprint density at radius 2 is 1.87 bits per heavy atom. The molecule has 0 aliphatic heterocycles. The summed E-state index contributed by atoms with van der Waals surface area (Å²) in [7, 11) is 2.90. The van der Waals surface area contributed by atoms with Crippen LogP contribution in [0.4, 0.5) is 0 Å². The SMILES string of the molecule is COc1nc(OCc2cccc(Br)c2Cl)nc(OC)c1CC=O. The standard InChI is InChI=1S/C15H14BrClN2O4/c1-21-13-10(6-7-20)14(22-2)19-15(18-13)23-8-9-4-3-5-11(16)12(9)17/h3-5,7H,6,8H2,1-2H3. The maximum atomic E-state index is 10.8. The zero-order valence-electron chi connectivity index (χ0n) is 12.5. The van der Waals surface area contributed by atoms with Crippen molar-refractivity contribution in [2.24, 2.45) is 0 Å². The van der Waals surface area contributed by atoms with Crippen LogP contribution in [0.15, 0.2) is 22.7 Å². The van der Waals surface area contributed by atoms with Gasteiger partial charge >= 0.3 is 6.01 Å². The molecule has 6 nitrogen and oxygen atoms in total. The van der Waals surface area contributed by atoms with Crippen LogP contribution in [0, 0.1) is 0 Å². The number of rotatable bonds is 7. The number of methoxy groups -OCH3 is 2. The second-order valence-electron chi connectivity index (χ2n) is 4.38. The van der Waals surface area contributed by atoms with Crippen LogP contribution < -0.4 is 14.2 Å². The highest BCUT2D eigenvalue weighted by Crippen LogP contribution is 2.29. The first-order valence-electron chi connectivity index (χ1n) is 6.59. The van der Waals surface area contributed by atoms with Crippen molar-refractivity contribution in [3.63, 3.8) is 0 Å². The van der Waals surface area contributed by atoms with Gasteiger partial charge in [-0.25, -0.2) is 0 Å². The number of ether oxygens (including phenoxy) is 3. The third kappa shape index (κ3) is 4.11. The Morgan fingerprint density at radius 3 is 2.43 bits per heavy atom. The molecule has 1 heterocycles. The minimum absolute atomic E-state index is 0.0735. The normalized spacial score (nSPS) is 10.3. The lowest BCUT2D eigenvalue weighted by Crippen LogP contribution is -2.07. The summed E-state index contributed by atoms with van der Waals surface area (Å²) in [5.74, 6) is 0.471. The van der Waals surface area contributed by atoms with Crippen LogP contribution in [0.2, 0.25) is 5.02 Å². The first kappa shape index (κ1) is 17.5. The van der Waals surface area contributed by atoms with E-state index in [2.05, 4.69) is 25.9 Å². The predicted molar refractivity (Wildman–Crippen MR) is 88.4 cm³/mol. The van der Waals surface area contributed by atoms with E-state index in [1.807, 2.05) is 18.2 Å². The molecular formula is C15H14BrClN2O4. The number of carbonyl (C=O) groups excluding carboxylic acids is 1. The third-order valence-corrected chi connectivity index (χ3v) is 4.31. The van der Waals surface area contributed by atoms with E-state index < -0.39 is 0 Å². The fourth-order valence-electron chi connectivity index (χ4n) is 1.89. The van der Waals surface area contributed by atoms with Crippen LogP contribution in [0.1, 0.15) is 11.1 Å². The third-order valence-electron chi connectivity index (χ3n) is 2.97. The van der Waals surface area contributed by atoms with Crippen molar-refractivity contribution in [2.75, 3.05) is 14.2 Å². The number of carbonyl (C=O) groups is 1. The summed E-state index contributed by atoms with van der Waals surface area (Å²) in [6, 6.07) is 5.60. The Kier molecular flexibility index (Phi) is 6.18. The van der Waals surface area contributed by atoms with Crippen LogP contribution in [-0.2, 0) is 17.8 Å². The number of benzene rings is 1. The molecular weight excluding hydrogens is 388 g/mol. The van der Waals surface area contributed by atoms with Crippen LogP contribution >= 0.6 is 27.5 Å². The molecule has 0 aliphatic rings. The molecule has 0 bridgehead atoms. The molecule has 8 heteroatoms. The average Bonchev–Trinajstić information content (AvgIpc) is 2.57. The summed E-state index contributed by atoms with van der Waals surface area (Å²) in [5, 5.41) is 0.559. The molecule has 0 fully saturated rings. The minimum atomic E-state index is 0.0735. The average molecular weight is 402 g/mol. The molecule has 2 aromatic rings. The van der Waals surface area contributed by atoms with Gasteiger partial charge in [-0.15, -0.1) is 0 Å². The lowest BCUT2D eigenvalue weighted by atomic mass is 10.2. The van der Waals surface area contributed by atoms with E-state index in [1.54, 1.807) is 0 Å². The lowest BCUT2D eigenvalue weighted by Gasteiger charge is -2.12. The van der Waals surface area contributed by atoms with E-state index in [1.165, 1.54) is 14.2 Å². The molecule has 1 aromatic heterocycles. The molecule has 0 saturated heterocycles. The molecule has 2 rings (SSSR count). The van der Waals surface area contributed by atoms with E-state index in [-0.39, 0.29) is 30.8 Å². The highest BCUT2D eigenvalue weighted by molar-refractivity contribution is 9.10.